The molecule has 0 heterocycles. The predicted molar refractivity (Wildman–Crippen MR) is 83.4 cm³/mol. The Balaban J connectivity index is 2.66. The lowest BCUT2D eigenvalue weighted by atomic mass is 10.2. The molecule has 19 heavy (non-hydrogen) atoms. The Morgan fingerprint density at radius 1 is 1.37 bits per heavy atom. The molecule has 3 N–H and O–H groups in total. The number of nitrogens with one attached hydrogen (secondary N) is 1. The summed E-state index contributed by atoms with van der Waals surface area (Å²) < 4.78 is 0. The van der Waals surface area contributed by atoms with Gasteiger partial charge < -0.3 is 11.1 Å². The van der Waals surface area contributed by atoms with Gasteiger partial charge in [0.25, 0.3) is 0 Å². The Labute approximate surface area is 120 Å². The Kier molecular flexibility index (Phi) is 6.22. The summed E-state index contributed by atoms with van der Waals surface area (Å²) in [6, 6.07) is 6.10. The van der Waals surface area contributed by atoms with E-state index in [1.54, 1.807) is 11.8 Å². The van der Waals surface area contributed by atoms with Crippen LogP contribution < -0.4 is 11.1 Å². The molecule has 0 fully saturated rings. The minimum Gasteiger partial charge on any atom is -0.398 e. The summed E-state index contributed by atoms with van der Waals surface area (Å²) in [4.78, 5) is 13.2. The molecule has 1 aromatic carbocycles. The van der Waals surface area contributed by atoms with Crippen LogP contribution >= 0.6 is 11.8 Å². The zero-order valence-corrected chi connectivity index (χ0v) is 13.0. The van der Waals surface area contributed by atoms with Gasteiger partial charge in [0.2, 0.25) is 5.91 Å². The van der Waals surface area contributed by atoms with Gasteiger partial charge in [0.05, 0.1) is 5.25 Å². The highest BCUT2D eigenvalue weighted by Gasteiger charge is 2.18. The normalized spacial score (nSPS) is 12.5. The number of nitrogen functional groups attached to an aromatic ring is 1. The first-order valence-electron chi connectivity index (χ1n) is 6.81. The fourth-order valence-electron chi connectivity index (χ4n) is 1.81. The highest BCUT2D eigenvalue weighted by molar-refractivity contribution is 8.00. The Hall–Kier alpha value is -1.16. The SMILES string of the molecule is CCC(CC)NC(=O)C(C)Sc1cccc(N)c1C. The Bertz CT molecular complexity index is 430. The third-order valence-electron chi connectivity index (χ3n) is 3.33. The van der Waals surface area contributed by atoms with E-state index in [0.717, 1.165) is 29.0 Å². The lowest BCUT2D eigenvalue weighted by molar-refractivity contribution is -0.121. The van der Waals surface area contributed by atoms with Gasteiger partial charge in [0, 0.05) is 16.6 Å². The minimum atomic E-state index is -0.110. The predicted octanol–water partition coefficient (Wildman–Crippen LogP) is 3.36. The molecule has 1 rings (SSSR count). The number of carbonyl (C=O) groups excluding carboxylic acids is 1. The lowest BCUT2D eigenvalue weighted by Crippen LogP contribution is -2.38. The molecule has 1 unspecified atom stereocenters. The van der Waals surface area contributed by atoms with Crippen molar-refractivity contribution < 1.29 is 4.79 Å². The highest BCUT2D eigenvalue weighted by Crippen LogP contribution is 2.29. The van der Waals surface area contributed by atoms with E-state index in [-0.39, 0.29) is 17.2 Å². The average Bonchev–Trinajstić information content (AvgIpc) is 2.40. The third kappa shape index (κ3) is 4.46. The number of carbonyl (C=O) groups is 1. The molecular formula is C15H24N2OS. The number of benzene rings is 1. The van der Waals surface area contributed by atoms with Gasteiger partial charge in [-0.1, -0.05) is 19.9 Å². The van der Waals surface area contributed by atoms with E-state index in [1.165, 1.54) is 0 Å². The second-order valence-electron chi connectivity index (χ2n) is 4.75. The molecule has 0 aliphatic carbocycles. The summed E-state index contributed by atoms with van der Waals surface area (Å²) in [6.45, 7) is 8.11. The molecule has 1 atom stereocenters. The number of rotatable bonds is 6. The fourth-order valence-corrected chi connectivity index (χ4v) is 2.82. The summed E-state index contributed by atoms with van der Waals surface area (Å²) in [5.41, 5.74) is 7.71. The van der Waals surface area contributed by atoms with Crippen molar-refractivity contribution in [3.05, 3.63) is 23.8 Å². The Morgan fingerprint density at radius 2 is 2.00 bits per heavy atom. The molecule has 0 aliphatic heterocycles. The van der Waals surface area contributed by atoms with Crippen LogP contribution in [0.1, 0.15) is 39.2 Å². The first-order chi connectivity index (χ1) is 8.99. The molecule has 1 amide bonds. The number of nitrogens with two attached hydrogens (primary N) is 1. The van der Waals surface area contributed by atoms with Crippen molar-refractivity contribution in [2.45, 2.75) is 56.7 Å². The molecule has 0 radical (unpaired) electrons. The molecule has 0 aliphatic rings. The average molecular weight is 280 g/mol. The minimum absolute atomic E-state index is 0.0977. The highest BCUT2D eigenvalue weighted by atomic mass is 32.2. The zero-order valence-electron chi connectivity index (χ0n) is 12.2. The summed E-state index contributed by atoms with van der Waals surface area (Å²) in [7, 11) is 0. The van der Waals surface area contributed by atoms with Crippen molar-refractivity contribution in [2.24, 2.45) is 0 Å². The molecule has 0 saturated carbocycles. The number of hydrogen-bond donors (Lipinski definition) is 2. The van der Waals surface area contributed by atoms with Gasteiger partial charge in [-0.05, 0) is 44.4 Å². The summed E-state index contributed by atoms with van der Waals surface area (Å²) in [5, 5.41) is 2.97. The molecule has 0 bridgehead atoms. The lowest BCUT2D eigenvalue weighted by Gasteiger charge is -2.19. The van der Waals surface area contributed by atoms with Gasteiger partial charge in [-0.15, -0.1) is 11.8 Å². The van der Waals surface area contributed by atoms with Crippen LogP contribution in [0.4, 0.5) is 5.69 Å². The van der Waals surface area contributed by atoms with Gasteiger partial charge >= 0.3 is 0 Å². The van der Waals surface area contributed by atoms with Crippen LogP contribution in [0.25, 0.3) is 0 Å². The van der Waals surface area contributed by atoms with Crippen LogP contribution in [0.2, 0.25) is 0 Å². The summed E-state index contributed by atoms with van der Waals surface area (Å²) in [5.74, 6) is 0.0977. The van der Waals surface area contributed by atoms with Crippen molar-refractivity contribution in [2.75, 3.05) is 5.73 Å². The molecule has 0 saturated heterocycles. The van der Waals surface area contributed by atoms with E-state index in [2.05, 4.69) is 19.2 Å². The van der Waals surface area contributed by atoms with E-state index in [9.17, 15) is 4.79 Å². The third-order valence-corrected chi connectivity index (χ3v) is 4.59. The molecule has 0 spiro atoms. The van der Waals surface area contributed by atoms with Crippen molar-refractivity contribution in [3.8, 4) is 0 Å². The Morgan fingerprint density at radius 3 is 2.58 bits per heavy atom. The van der Waals surface area contributed by atoms with E-state index < -0.39 is 0 Å². The smallest absolute Gasteiger partial charge is 0.233 e. The van der Waals surface area contributed by atoms with Gasteiger partial charge in [-0.2, -0.15) is 0 Å². The summed E-state index contributed by atoms with van der Waals surface area (Å²) >= 11 is 1.56. The second kappa shape index (κ2) is 7.43. The second-order valence-corrected chi connectivity index (χ2v) is 6.14. The molecule has 4 heteroatoms. The maximum absolute atomic E-state index is 12.1. The van der Waals surface area contributed by atoms with Crippen LogP contribution in [0.5, 0.6) is 0 Å². The van der Waals surface area contributed by atoms with E-state index in [0.29, 0.717) is 0 Å². The van der Waals surface area contributed by atoms with Gasteiger partial charge in [0.15, 0.2) is 0 Å². The monoisotopic (exact) mass is 280 g/mol. The van der Waals surface area contributed by atoms with E-state index >= 15 is 0 Å². The first-order valence-corrected chi connectivity index (χ1v) is 7.69. The standard InChI is InChI=1S/C15H24N2OS/c1-5-12(6-2)17-15(18)11(4)19-14-9-7-8-13(16)10(14)3/h7-9,11-12H,5-6,16H2,1-4H3,(H,17,18). The molecule has 3 nitrogen and oxygen atoms in total. The van der Waals surface area contributed by atoms with Crippen LogP contribution in [0, 0.1) is 6.92 Å². The quantitative estimate of drug-likeness (QED) is 0.620. The molecular weight excluding hydrogens is 256 g/mol. The van der Waals surface area contributed by atoms with Gasteiger partial charge in [-0.3, -0.25) is 4.79 Å². The number of anilines is 1. The maximum atomic E-state index is 12.1. The van der Waals surface area contributed by atoms with Crippen LogP contribution in [0.15, 0.2) is 23.1 Å². The summed E-state index contributed by atoms with van der Waals surface area (Å²) in [6.07, 6.45) is 1.94. The van der Waals surface area contributed by atoms with E-state index in [4.69, 9.17) is 5.73 Å². The largest absolute Gasteiger partial charge is 0.398 e. The van der Waals surface area contributed by atoms with Gasteiger partial charge in [0.1, 0.15) is 0 Å². The van der Waals surface area contributed by atoms with Crippen molar-refractivity contribution in [1.82, 2.24) is 5.32 Å². The number of hydrogen-bond acceptors (Lipinski definition) is 3. The van der Waals surface area contributed by atoms with Crippen molar-refractivity contribution in [3.63, 3.8) is 0 Å². The molecule has 106 valence electrons. The maximum Gasteiger partial charge on any atom is 0.233 e. The number of thioether (sulfide) groups is 1. The van der Waals surface area contributed by atoms with Crippen molar-refractivity contribution >= 4 is 23.4 Å². The number of amides is 1. The van der Waals surface area contributed by atoms with E-state index in [1.807, 2.05) is 32.0 Å². The van der Waals surface area contributed by atoms with Crippen molar-refractivity contribution in [1.29, 1.82) is 0 Å². The molecule has 0 aromatic heterocycles. The van der Waals surface area contributed by atoms with Crippen LogP contribution in [0.3, 0.4) is 0 Å². The van der Waals surface area contributed by atoms with Gasteiger partial charge in [-0.25, -0.2) is 0 Å². The topological polar surface area (TPSA) is 55.1 Å². The molecule has 1 aromatic rings. The van der Waals surface area contributed by atoms with Crippen LogP contribution in [-0.2, 0) is 4.79 Å². The fraction of sp³-hybridized carbons (Fsp3) is 0.533. The first kappa shape index (κ1) is 15.9. The van der Waals surface area contributed by atoms with Crippen LogP contribution in [-0.4, -0.2) is 17.2 Å². The zero-order chi connectivity index (χ0) is 14.4.